The highest BCUT2D eigenvalue weighted by atomic mass is 28.4. The Hall–Kier alpha value is -0.693. The standard InChI is InChI=1S/C10H20N2O3Si/c1-6-9(10-11-7-8-12(10)2)16(13-3,14-4)15-5/h7-9H,6H2,1-5H3. The Bertz CT molecular complexity index is 317. The lowest BCUT2D eigenvalue weighted by Gasteiger charge is -2.31. The van der Waals surface area contributed by atoms with E-state index in [1.54, 1.807) is 27.5 Å². The van der Waals surface area contributed by atoms with Gasteiger partial charge in [0.1, 0.15) is 5.82 Å². The van der Waals surface area contributed by atoms with Gasteiger partial charge in [-0.1, -0.05) is 6.92 Å². The van der Waals surface area contributed by atoms with Gasteiger partial charge in [0.25, 0.3) is 0 Å². The van der Waals surface area contributed by atoms with Crippen LogP contribution in [0.2, 0.25) is 0 Å². The maximum absolute atomic E-state index is 5.51. The van der Waals surface area contributed by atoms with Crippen molar-refractivity contribution in [1.82, 2.24) is 9.55 Å². The summed E-state index contributed by atoms with van der Waals surface area (Å²) >= 11 is 0. The van der Waals surface area contributed by atoms with Crippen LogP contribution in [0.1, 0.15) is 24.7 Å². The molecule has 0 spiro atoms. The smallest absolute Gasteiger partial charge is 0.376 e. The van der Waals surface area contributed by atoms with E-state index in [1.165, 1.54) is 0 Å². The number of aryl methyl sites for hydroxylation is 1. The van der Waals surface area contributed by atoms with Crippen molar-refractivity contribution in [3.63, 3.8) is 0 Å². The first-order valence-electron chi connectivity index (χ1n) is 5.27. The molecule has 0 fully saturated rings. The number of hydrogen-bond acceptors (Lipinski definition) is 4. The largest absolute Gasteiger partial charge is 0.511 e. The van der Waals surface area contributed by atoms with Crippen LogP contribution >= 0.6 is 0 Å². The van der Waals surface area contributed by atoms with E-state index in [4.69, 9.17) is 13.3 Å². The number of rotatable bonds is 6. The van der Waals surface area contributed by atoms with Crippen LogP contribution in [0.4, 0.5) is 0 Å². The fourth-order valence-corrected chi connectivity index (χ4v) is 4.43. The second kappa shape index (κ2) is 5.58. The third-order valence-corrected chi connectivity index (χ3v) is 6.09. The summed E-state index contributed by atoms with van der Waals surface area (Å²) < 4.78 is 18.5. The summed E-state index contributed by atoms with van der Waals surface area (Å²) in [4.78, 5) is 4.35. The second-order valence-electron chi connectivity index (χ2n) is 3.57. The van der Waals surface area contributed by atoms with E-state index in [1.807, 2.05) is 17.8 Å². The molecule has 0 aliphatic heterocycles. The van der Waals surface area contributed by atoms with Gasteiger partial charge in [-0.05, 0) is 6.42 Å². The lowest BCUT2D eigenvalue weighted by atomic mass is 10.3. The van der Waals surface area contributed by atoms with Gasteiger partial charge in [-0.25, -0.2) is 4.98 Å². The zero-order valence-electron chi connectivity index (χ0n) is 10.6. The van der Waals surface area contributed by atoms with E-state index >= 15 is 0 Å². The number of aromatic nitrogens is 2. The molecule has 0 aliphatic rings. The maximum Gasteiger partial charge on any atom is 0.511 e. The summed E-state index contributed by atoms with van der Waals surface area (Å²) in [6.07, 6.45) is 4.56. The molecule has 6 heteroatoms. The van der Waals surface area contributed by atoms with Gasteiger partial charge in [-0.2, -0.15) is 0 Å². The summed E-state index contributed by atoms with van der Waals surface area (Å²) in [6.45, 7) is 2.08. The van der Waals surface area contributed by atoms with Gasteiger partial charge in [-0.3, -0.25) is 0 Å². The van der Waals surface area contributed by atoms with E-state index in [9.17, 15) is 0 Å². The molecule has 1 unspecified atom stereocenters. The molecule has 0 aliphatic carbocycles. The Morgan fingerprint density at radius 2 is 1.88 bits per heavy atom. The normalized spacial score (nSPS) is 14.1. The Morgan fingerprint density at radius 3 is 2.19 bits per heavy atom. The van der Waals surface area contributed by atoms with Crippen molar-refractivity contribution in [2.24, 2.45) is 7.05 Å². The van der Waals surface area contributed by atoms with E-state index in [0.29, 0.717) is 0 Å². The fourth-order valence-electron chi connectivity index (χ4n) is 1.98. The first-order chi connectivity index (χ1) is 7.65. The minimum Gasteiger partial charge on any atom is -0.376 e. The van der Waals surface area contributed by atoms with Crippen LogP contribution < -0.4 is 0 Å². The van der Waals surface area contributed by atoms with Crippen LogP contribution in [-0.4, -0.2) is 39.7 Å². The number of nitrogens with zero attached hydrogens (tertiary/aromatic N) is 2. The molecule has 1 aromatic heterocycles. The van der Waals surface area contributed by atoms with Crippen molar-refractivity contribution >= 4 is 8.80 Å². The Morgan fingerprint density at radius 1 is 1.31 bits per heavy atom. The number of hydrogen-bond donors (Lipinski definition) is 0. The topological polar surface area (TPSA) is 45.5 Å². The Kier molecular flexibility index (Phi) is 4.66. The second-order valence-corrected chi connectivity index (χ2v) is 6.70. The molecule has 1 aromatic rings. The predicted octanol–water partition coefficient (Wildman–Crippen LogP) is 1.33. The number of imidazole rings is 1. The molecule has 0 saturated heterocycles. The molecule has 16 heavy (non-hydrogen) atoms. The summed E-state index contributed by atoms with van der Waals surface area (Å²) in [6, 6.07) is 0. The molecule has 0 amide bonds. The summed E-state index contributed by atoms with van der Waals surface area (Å²) in [5.41, 5.74) is 0.0625. The van der Waals surface area contributed by atoms with Crippen molar-refractivity contribution in [2.75, 3.05) is 21.3 Å². The minimum atomic E-state index is -2.67. The van der Waals surface area contributed by atoms with Crippen molar-refractivity contribution in [3.8, 4) is 0 Å². The molecule has 0 aromatic carbocycles. The first kappa shape index (κ1) is 13.4. The van der Waals surface area contributed by atoms with Gasteiger partial charge in [0.15, 0.2) is 0 Å². The average Bonchev–Trinajstić information content (AvgIpc) is 2.72. The lowest BCUT2D eigenvalue weighted by molar-refractivity contribution is 0.110. The molecule has 1 heterocycles. The van der Waals surface area contributed by atoms with Crippen LogP contribution in [0.3, 0.4) is 0 Å². The van der Waals surface area contributed by atoms with E-state index < -0.39 is 8.80 Å². The van der Waals surface area contributed by atoms with Gasteiger partial charge in [0, 0.05) is 40.8 Å². The highest BCUT2D eigenvalue weighted by Gasteiger charge is 2.49. The van der Waals surface area contributed by atoms with Gasteiger partial charge in [-0.15, -0.1) is 0 Å². The van der Waals surface area contributed by atoms with E-state index in [0.717, 1.165) is 12.2 Å². The van der Waals surface area contributed by atoms with Crippen LogP contribution in [0.15, 0.2) is 12.4 Å². The molecule has 5 nitrogen and oxygen atoms in total. The third-order valence-electron chi connectivity index (χ3n) is 2.86. The van der Waals surface area contributed by atoms with Gasteiger partial charge in [0.05, 0.1) is 5.54 Å². The third kappa shape index (κ3) is 2.19. The van der Waals surface area contributed by atoms with Gasteiger partial charge >= 0.3 is 8.80 Å². The Labute approximate surface area is 97.7 Å². The van der Waals surface area contributed by atoms with Crippen LogP contribution in [0.5, 0.6) is 0 Å². The molecular formula is C10H20N2O3Si. The molecule has 92 valence electrons. The molecule has 0 bridgehead atoms. The van der Waals surface area contributed by atoms with Crippen LogP contribution in [0.25, 0.3) is 0 Å². The van der Waals surface area contributed by atoms with Crippen LogP contribution in [0, 0.1) is 0 Å². The fraction of sp³-hybridized carbons (Fsp3) is 0.700. The Balaban J connectivity index is 3.10. The SMILES string of the molecule is CCC(c1nccn1C)[Si](OC)(OC)OC. The zero-order chi connectivity index (χ0) is 12.2. The molecule has 0 saturated carbocycles. The summed E-state index contributed by atoms with van der Waals surface area (Å²) in [5, 5.41) is 0. The van der Waals surface area contributed by atoms with E-state index in [-0.39, 0.29) is 5.54 Å². The van der Waals surface area contributed by atoms with Gasteiger partial charge in [0.2, 0.25) is 0 Å². The molecule has 1 rings (SSSR count). The van der Waals surface area contributed by atoms with E-state index in [2.05, 4.69) is 11.9 Å². The van der Waals surface area contributed by atoms with Gasteiger partial charge < -0.3 is 17.8 Å². The highest BCUT2D eigenvalue weighted by Crippen LogP contribution is 2.30. The monoisotopic (exact) mass is 244 g/mol. The predicted molar refractivity (Wildman–Crippen MR) is 63.0 cm³/mol. The molecular weight excluding hydrogens is 224 g/mol. The first-order valence-corrected chi connectivity index (χ1v) is 7.08. The van der Waals surface area contributed by atoms with Crippen molar-refractivity contribution < 1.29 is 13.3 Å². The average molecular weight is 244 g/mol. The highest BCUT2D eigenvalue weighted by molar-refractivity contribution is 6.62. The zero-order valence-corrected chi connectivity index (χ0v) is 11.6. The summed E-state index contributed by atoms with van der Waals surface area (Å²) in [7, 11) is 4.19. The lowest BCUT2D eigenvalue weighted by Crippen LogP contribution is -2.50. The molecule has 1 atom stereocenters. The summed E-state index contributed by atoms with van der Waals surface area (Å²) in [5.74, 6) is 0.944. The maximum atomic E-state index is 5.51. The van der Waals surface area contributed by atoms with Crippen molar-refractivity contribution in [2.45, 2.75) is 18.9 Å². The quantitative estimate of drug-likeness (QED) is 0.708. The van der Waals surface area contributed by atoms with Crippen LogP contribution in [-0.2, 0) is 20.3 Å². The molecule has 0 N–H and O–H groups in total. The van der Waals surface area contributed by atoms with Crippen molar-refractivity contribution in [3.05, 3.63) is 18.2 Å². The minimum absolute atomic E-state index is 0.0625. The molecule has 0 radical (unpaired) electrons. The van der Waals surface area contributed by atoms with Crippen molar-refractivity contribution in [1.29, 1.82) is 0 Å².